The van der Waals surface area contributed by atoms with Gasteiger partial charge in [-0.2, -0.15) is 0 Å². The predicted octanol–water partition coefficient (Wildman–Crippen LogP) is 6.85. The average Bonchev–Trinajstić information content (AvgIpc) is 3.56. The third kappa shape index (κ3) is 5.75. The summed E-state index contributed by atoms with van der Waals surface area (Å²) in [5.74, 6) is 0.884. The van der Waals surface area contributed by atoms with E-state index in [2.05, 4.69) is 95.8 Å². The van der Waals surface area contributed by atoms with Crippen LogP contribution in [0, 0.1) is 0 Å². The number of aromatic amines is 1. The van der Waals surface area contributed by atoms with Crippen molar-refractivity contribution < 1.29 is 4.74 Å². The first kappa shape index (κ1) is 24.6. The topological polar surface area (TPSA) is 53.2 Å². The van der Waals surface area contributed by atoms with E-state index in [1.165, 1.54) is 11.3 Å². The van der Waals surface area contributed by atoms with E-state index in [9.17, 15) is 0 Å². The minimum Gasteiger partial charge on any atom is -0.388 e. The molecule has 2 aromatic carbocycles. The normalized spacial score (nSPS) is 13.3. The summed E-state index contributed by atoms with van der Waals surface area (Å²) in [7, 11) is 1.94. The van der Waals surface area contributed by atoms with E-state index < -0.39 is 0 Å². The summed E-state index contributed by atoms with van der Waals surface area (Å²) in [6, 6.07) is 17.0. The average molecular weight is 469 g/mol. The van der Waals surface area contributed by atoms with Crippen molar-refractivity contribution in [1.82, 2.24) is 14.9 Å². The van der Waals surface area contributed by atoms with Gasteiger partial charge in [0.25, 0.3) is 0 Å². The Kier molecular flexibility index (Phi) is 8.22. The lowest BCUT2D eigenvalue weighted by atomic mass is 10.0. The van der Waals surface area contributed by atoms with Crippen molar-refractivity contribution in [3.8, 4) is 22.6 Å². The van der Waals surface area contributed by atoms with Crippen LogP contribution in [-0.4, -0.2) is 48.2 Å². The quantitative estimate of drug-likeness (QED) is 0.302. The molecule has 3 aromatic rings. The molecule has 0 aliphatic heterocycles. The molecular weight excluding hydrogens is 432 g/mol. The molecule has 0 saturated carbocycles. The SMILES string of the molecule is CCOC/C=C/c1ccc(-c2nc(C3=CC=C(N(CC)CC)C3)c(-c3ccc(NC)cc3)[nH]2)cc1. The summed E-state index contributed by atoms with van der Waals surface area (Å²) in [4.78, 5) is 11.2. The molecule has 1 heterocycles. The Morgan fingerprint density at radius 2 is 1.69 bits per heavy atom. The van der Waals surface area contributed by atoms with Crippen LogP contribution in [0.1, 0.15) is 38.4 Å². The summed E-state index contributed by atoms with van der Waals surface area (Å²) in [6.07, 6.45) is 9.51. The van der Waals surface area contributed by atoms with Gasteiger partial charge in [0.1, 0.15) is 5.82 Å². The number of nitrogens with zero attached hydrogens (tertiary/aromatic N) is 2. The molecule has 0 spiro atoms. The highest BCUT2D eigenvalue weighted by atomic mass is 16.5. The number of allylic oxidation sites excluding steroid dienone is 3. The molecule has 0 unspecified atom stereocenters. The zero-order chi connectivity index (χ0) is 24.6. The van der Waals surface area contributed by atoms with E-state index in [0.29, 0.717) is 6.61 Å². The van der Waals surface area contributed by atoms with Gasteiger partial charge < -0.3 is 19.9 Å². The second-order valence-electron chi connectivity index (χ2n) is 8.52. The van der Waals surface area contributed by atoms with Gasteiger partial charge in [-0.3, -0.25) is 0 Å². The van der Waals surface area contributed by atoms with Crippen LogP contribution in [0.3, 0.4) is 0 Å². The molecule has 182 valence electrons. The largest absolute Gasteiger partial charge is 0.388 e. The molecule has 0 fully saturated rings. The second-order valence-corrected chi connectivity index (χ2v) is 8.52. The van der Waals surface area contributed by atoms with Crippen LogP contribution >= 0.6 is 0 Å². The van der Waals surface area contributed by atoms with Gasteiger partial charge in [-0.25, -0.2) is 4.98 Å². The number of hydrogen-bond acceptors (Lipinski definition) is 4. The third-order valence-electron chi connectivity index (χ3n) is 6.40. The Hall–Kier alpha value is -3.57. The zero-order valence-electron chi connectivity index (χ0n) is 21.3. The van der Waals surface area contributed by atoms with Crippen LogP contribution in [0.25, 0.3) is 34.3 Å². The molecule has 5 heteroatoms. The maximum atomic E-state index is 5.39. The fourth-order valence-electron chi connectivity index (χ4n) is 4.40. The van der Waals surface area contributed by atoms with Gasteiger partial charge in [0.15, 0.2) is 0 Å². The Balaban J connectivity index is 1.64. The number of anilines is 1. The summed E-state index contributed by atoms with van der Waals surface area (Å²) in [6.45, 7) is 9.81. The molecule has 0 amide bonds. The summed E-state index contributed by atoms with van der Waals surface area (Å²) in [5.41, 5.74) is 9.13. The van der Waals surface area contributed by atoms with Gasteiger partial charge in [0.2, 0.25) is 0 Å². The minimum atomic E-state index is 0.633. The molecule has 4 rings (SSSR count). The lowest BCUT2D eigenvalue weighted by Gasteiger charge is -2.22. The standard InChI is InChI=1S/C30H36N4O/c1-5-34(6-2)27-19-16-25(21-27)29-28(23-14-17-26(31-4)18-15-23)32-30(33-29)24-12-10-22(11-13-24)9-8-20-35-7-3/h8-19,31H,5-7,20-21H2,1-4H3,(H,32,33)/b9-8+. The van der Waals surface area contributed by atoms with Crippen molar-refractivity contribution >= 4 is 17.3 Å². The Labute approximate surface area is 209 Å². The molecule has 1 aliphatic rings. The highest BCUT2D eigenvalue weighted by Crippen LogP contribution is 2.36. The van der Waals surface area contributed by atoms with E-state index in [-0.39, 0.29) is 0 Å². The van der Waals surface area contributed by atoms with E-state index in [1.807, 2.05) is 20.0 Å². The fourth-order valence-corrected chi connectivity index (χ4v) is 4.40. The third-order valence-corrected chi connectivity index (χ3v) is 6.40. The Morgan fingerprint density at radius 1 is 0.971 bits per heavy atom. The van der Waals surface area contributed by atoms with Crippen LogP contribution in [0.2, 0.25) is 0 Å². The Morgan fingerprint density at radius 3 is 2.34 bits per heavy atom. The molecule has 0 saturated heterocycles. The van der Waals surface area contributed by atoms with Crippen molar-refractivity contribution in [2.24, 2.45) is 0 Å². The van der Waals surface area contributed by atoms with Crippen molar-refractivity contribution in [2.75, 3.05) is 38.7 Å². The first-order chi connectivity index (χ1) is 17.2. The number of aromatic nitrogens is 2. The highest BCUT2D eigenvalue weighted by molar-refractivity contribution is 5.83. The maximum absolute atomic E-state index is 5.39. The summed E-state index contributed by atoms with van der Waals surface area (Å²) < 4.78 is 5.39. The molecule has 1 aliphatic carbocycles. The first-order valence-corrected chi connectivity index (χ1v) is 12.5. The molecule has 0 atom stereocenters. The van der Waals surface area contributed by atoms with Crippen LogP contribution < -0.4 is 5.32 Å². The van der Waals surface area contributed by atoms with Gasteiger partial charge in [-0.05, 0) is 50.1 Å². The molecule has 5 nitrogen and oxygen atoms in total. The van der Waals surface area contributed by atoms with Crippen LogP contribution in [0.5, 0.6) is 0 Å². The number of hydrogen-bond donors (Lipinski definition) is 2. The molecule has 0 radical (unpaired) electrons. The zero-order valence-corrected chi connectivity index (χ0v) is 21.3. The number of ether oxygens (including phenoxy) is 1. The van der Waals surface area contributed by atoms with Gasteiger partial charge in [0, 0.05) is 55.7 Å². The van der Waals surface area contributed by atoms with E-state index in [0.717, 1.165) is 65.7 Å². The lowest BCUT2D eigenvalue weighted by molar-refractivity contribution is 0.178. The predicted molar refractivity (Wildman–Crippen MR) is 148 cm³/mol. The smallest absolute Gasteiger partial charge is 0.138 e. The molecular formula is C30H36N4O. The van der Waals surface area contributed by atoms with Crippen molar-refractivity contribution in [3.05, 3.63) is 83.7 Å². The second kappa shape index (κ2) is 11.7. The number of H-pyrrole nitrogens is 1. The van der Waals surface area contributed by atoms with E-state index in [4.69, 9.17) is 9.72 Å². The fraction of sp³-hybridized carbons (Fsp3) is 0.300. The van der Waals surface area contributed by atoms with Crippen LogP contribution in [0.4, 0.5) is 5.69 Å². The van der Waals surface area contributed by atoms with Gasteiger partial charge in [0.05, 0.1) is 18.0 Å². The van der Waals surface area contributed by atoms with Crippen LogP contribution in [0.15, 0.2) is 72.5 Å². The van der Waals surface area contributed by atoms with Crippen LogP contribution in [-0.2, 0) is 4.74 Å². The van der Waals surface area contributed by atoms with E-state index in [1.54, 1.807) is 0 Å². The van der Waals surface area contributed by atoms with Crippen molar-refractivity contribution in [2.45, 2.75) is 27.2 Å². The Bertz CT molecular complexity index is 1200. The number of benzene rings is 2. The lowest BCUT2D eigenvalue weighted by Crippen LogP contribution is -2.21. The number of imidazole rings is 1. The molecule has 1 aromatic heterocycles. The van der Waals surface area contributed by atoms with Gasteiger partial charge in [-0.1, -0.05) is 54.6 Å². The van der Waals surface area contributed by atoms with Gasteiger partial charge in [-0.15, -0.1) is 0 Å². The van der Waals surface area contributed by atoms with Crippen molar-refractivity contribution in [1.29, 1.82) is 0 Å². The number of nitrogens with one attached hydrogen (secondary N) is 2. The van der Waals surface area contributed by atoms with Gasteiger partial charge >= 0.3 is 0 Å². The summed E-state index contributed by atoms with van der Waals surface area (Å²) >= 11 is 0. The highest BCUT2D eigenvalue weighted by Gasteiger charge is 2.21. The molecule has 2 N–H and O–H groups in total. The molecule has 35 heavy (non-hydrogen) atoms. The molecule has 0 bridgehead atoms. The first-order valence-electron chi connectivity index (χ1n) is 12.5. The van der Waals surface area contributed by atoms with E-state index >= 15 is 0 Å². The van der Waals surface area contributed by atoms with Crippen molar-refractivity contribution in [3.63, 3.8) is 0 Å². The number of rotatable bonds is 11. The maximum Gasteiger partial charge on any atom is 0.138 e. The summed E-state index contributed by atoms with van der Waals surface area (Å²) in [5, 5.41) is 3.20. The monoisotopic (exact) mass is 468 g/mol. The minimum absolute atomic E-state index is 0.633.